The van der Waals surface area contributed by atoms with Crippen molar-refractivity contribution < 1.29 is 28.6 Å². The fourth-order valence-corrected chi connectivity index (χ4v) is 7.57. The average molecular weight is 881 g/mol. The first-order chi connectivity index (χ1) is 31.0. The molecule has 0 fully saturated rings. The van der Waals surface area contributed by atoms with E-state index in [4.69, 9.17) is 14.2 Å². The lowest BCUT2D eigenvalue weighted by Crippen LogP contribution is -2.30. The van der Waals surface area contributed by atoms with Gasteiger partial charge in [0.2, 0.25) is 0 Å². The van der Waals surface area contributed by atoms with Gasteiger partial charge in [0.1, 0.15) is 13.2 Å². The molecule has 0 aliphatic heterocycles. The van der Waals surface area contributed by atoms with Crippen LogP contribution in [0.3, 0.4) is 0 Å². The molecule has 0 aromatic rings. The normalized spacial score (nSPS) is 12.5. The highest BCUT2D eigenvalue weighted by Crippen LogP contribution is 2.16. The van der Waals surface area contributed by atoms with E-state index >= 15 is 0 Å². The van der Waals surface area contributed by atoms with E-state index in [2.05, 4.69) is 63.3 Å². The number of allylic oxidation sites excluding steroid dienone is 10. The topological polar surface area (TPSA) is 78.9 Å². The molecule has 0 radical (unpaired) electrons. The van der Waals surface area contributed by atoms with Crippen LogP contribution < -0.4 is 0 Å². The maximum Gasteiger partial charge on any atom is 0.306 e. The van der Waals surface area contributed by atoms with Gasteiger partial charge in [-0.2, -0.15) is 0 Å². The van der Waals surface area contributed by atoms with Gasteiger partial charge in [0.05, 0.1) is 0 Å². The van der Waals surface area contributed by atoms with Crippen LogP contribution in [0.5, 0.6) is 0 Å². The van der Waals surface area contributed by atoms with Gasteiger partial charge in [0, 0.05) is 19.3 Å². The number of carbonyl (C=O) groups excluding carboxylic acids is 3. The predicted octanol–water partition coefficient (Wildman–Crippen LogP) is 17.6. The first kappa shape index (κ1) is 60.1. The smallest absolute Gasteiger partial charge is 0.306 e. The van der Waals surface area contributed by atoms with Gasteiger partial charge < -0.3 is 14.2 Å². The SMILES string of the molecule is CC\C=C/C=C\C=C/C=C\CCCCCCCC(=O)OC(COC(=O)CCCCC/C=C\CCCCCCCC)COC(=O)CCCCCCCCCCCCCCCCCCC. The zero-order valence-corrected chi connectivity index (χ0v) is 41.6. The molecule has 0 aliphatic carbocycles. The second kappa shape index (κ2) is 51.7. The molecule has 0 spiro atoms. The van der Waals surface area contributed by atoms with Crippen molar-refractivity contribution in [2.45, 2.75) is 271 Å². The first-order valence-electron chi connectivity index (χ1n) is 26.8. The van der Waals surface area contributed by atoms with Crippen LogP contribution in [-0.2, 0) is 28.6 Å². The highest BCUT2D eigenvalue weighted by atomic mass is 16.6. The van der Waals surface area contributed by atoms with Crippen LogP contribution in [0.4, 0.5) is 0 Å². The summed E-state index contributed by atoms with van der Waals surface area (Å²) in [6.07, 6.45) is 63.5. The first-order valence-corrected chi connectivity index (χ1v) is 26.8. The molecule has 0 saturated carbocycles. The molecule has 0 amide bonds. The van der Waals surface area contributed by atoms with Crippen molar-refractivity contribution in [3.05, 3.63) is 60.8 Å². The fourth-order valence-electron chi connectivity index (χ4n) is 7.57. The van der Waals surface area contributed by atoms with E-state index in [0.717, 1.165) is 96.3 Å². The van der Waals surface area contributed by atoms with Gasteiger partial charge >= 0.3 is 17.9 Å². The Morgan fingerprint density at radius 3 is 1.03 bits per heavy atom. The summed E-state index contributed by atoms with van der Waals surface area (Å²) in [7, 11) is 0. The van der Waals surface area contributed by atoms with Crippen LogP contribution in [-0.4, -0.2) is 37.2 Å². The fraction of sp³-hybridized carbons (Fsp3) is 0.772. The highest BCUT2D eigenvalue weighted by molar-refractivity contribution is 5.71. The van der Waals surface area contributed by atoms with Crippen LogP contribution in [0.15, 0.2) is 60.8 Å². The summed E-state index contributed by atoms with van der Waals surface area (Å²) in [5, 5.41) is 0. The summed E-state index contributed by atoms with van der Waals surface area (Å²) in [5.74, 6) is -0.919. The zero-order valence-electron chi connectivity index (χ0n) is 41.6. The quantitative estimate of drug-likeness (QED) is 0.0199. The molecule has 0 saturated heterocycles. The van der Waals surface area contributed by atoms with Crippen molar-refractivity contribution in [1.82, 2.24) is 0 Å². The van der Waals surface area contributed by atoms with Gasteiger partial charge in [-0.05, 0) is 64.2 Å². The Morgan fingerprint density at radius 2 is 0.635 bits per heavy atom. The van der Waals surface area contributed by atoms with Crippen LogP contribution in [0.2, 0.25) is 0 Å². The van der Waals surface area contributed by atoms with E-state index in [9.17, 15) is 14.4 Å². The second-order valence-electron chi connectivity index (χ2n) is 17.9. The summed E-state index contributed by atoms with van der Waals surface area (Å²) in [5.41, 5.74) is 0. The van der Waals surface area contributed by atoms with Crippen LogP contribution in [0.25, 0.3) is 0 Å². The van der Waals surface area contributed by atoms with E-state index in [0.29, 0.717) is 19.3 Å². The van der Waals surface area contributed by atoms with E-state index < -0.39 is 6.10 Å². The number of esters is 3. The Bertz CT molecular complexity index is 1150. The van der Waals surface area contributed by atoms with Gasteiger partial charge in [-0.15, -0.1) is 0 Å². The molecular weight excluding hydrogens is 781 g/mol. The second-order valence-corrected chi connectivity index (χ2v) is 17.9. The van der Waals surface area contributed by atoms with E-state index in [-0.39, 0.29) is 31.1 Å². The van der Waals surface area contributed by atoms with Crippen LogP contribution >= 0.6 is 0 Å². The molecule has 0 aromatic heterocycles. The van der Waals surface area contributed by atoms with Crippen LogP contribution in [0.1, 0.15) is 265 Å². The maximum absolute atomic E-state index is 12.8. The summed E-state index contributed by atoms with van der Waals surface area (Å²) in [6.45, 7) is 6.48. The third kappa shape index (κ3) is 50.0. The number of hydrogen-bond acceptors (Lipinski definition) is 6. The van der Waals surface area contributed by atoms with Gasteiger partial charge in [-0.1, -0.05) is 242 Å². The lowest BCUT2D eigenvalue weighted by atomic mass is 10.0. The highest BCUT2D eigenvalue weighted by Gasteiger charge is 2.19. The molecule has 0 N–H and O–H groups in total. The summed E-state index contributed by atoms with van der Waals surface area (Å²) >= 11 is 0. The monoisotopic (exact) mass is 881 g/mol. The minimum absolute atomic E-state index is 0.0865. The summed E-state index contributed by atoms with van der Waals surface area (Å²) < 4.78 is 16.8. The van der Waals surface area contributed by atoms with Crippen molar-refractivity contribution in [3.8, 4) is 0 Å². The summed E-state index contributed by atoms with van der Waals surface area (Å²) in [6, 6.07) is 0. The molecule has 6 nitrogen and oxygen atoms in total. The minimum atomic E-state index is -0.790. The van der Waals surface area contributed by atoms with Crippen molar-refractivity contribution in [2.24, 2.45) is 0 Å². The van der Waals surface area contributed by atoms with Gasteiger partial charge in [-0.3, -0.25) is 14.4 Å². The largest absolute Gasteiger partial charge is 0.462 e. The third-order valence-electron chi connectivity index (χ3n) is 11.6. The molecule has 0 rings (SSSR count). The van der Waals surface area contributed by atoms with Crippen molar-refractivity contribution in [3.63, 3.8) is 0 Å². The molecule has 1 unspecified atom stereocenters. The van der Waals surface area contributed by atoms with Crippen molar-refractivity contribution in [2.75, 3.05) is 13.2 Å². The average Bonchev–Trinajstić information content (AvgIpc) is 3.28. The van der Waals surface area contributed by atoms with Crippen molar-refractivity contribution >= 4 is 17.9 Å². The maximum atomic E-state index is 12.8. The number of unbranched alkanes of at least 4 members (excludes halogenated alkanes) is 30. The molecular formula is C57H100O6. The third-order valence-corrected chi connectivity index (χ3v) is 11.6. The standard InChI is InChI=1S/C57H100O6/c1-4-7-10-13-16-19-22-25-27-28-30-32-35-38-41-44-47-50-56(59)62-53-54(52-61-55(58)49-46-43-40-37-34-31-24-21-18-15-12-9-6-3)63-57(60)51-48-45-42-39-36-33-29-26-23-20-17-14-11-8-5-2/h8,11,14,17,20,23,26,29,31,34,54H,4-7,9-10,12-13,15-16,18-19,21-22,24-25,27-28,30,32-33,35-53H2,1-3H3/b11-8-,17-14-,23-20-,29-26-,34-31-. The molecule has 63 heavy (non-hydrogen) atoms. The molecule has 0 bridgehead atoms. The molecule has 6 heteroatoms. The zero-order chi connectivity index (χ0) is 45.8. The van der Waals surface area contributed by atoms with Crippen molar-refractivity contribution in [1.29, 1.82) is 0 Å². The Hall–Kier alpha value is -2.89. The number of rotatable bonds is 48. The van der Waals surface area contributed by atoms with E-state index in [1.54, 1.807) is 0 Å². The Balaban J connectivity index is 4.40. The van der Waals surface area contributed by atoms with Crippen LogP contribution in [0, 0.1) is 0 Å². The Morgan fingerprint density at radius 1 is 0.333 bits per heavy atom. The van der Waals surface area contributed by atoms with E-state index in [1.165, 1.54) is 128 Å². The predicted molar refractivity (Wildman–Crippen MR) is 270 cm³/mol. The Kier molecular flexibility index (Phi) is 49.4. The number of carbonyl (C=O) groups is 3. The number of hydrogen-bond donors (Lipinski definition) is 0. The molecule has 364 valence electrons. The van der Waals surface area contributed by atoms with E-state index in [1.807, 2.05) is 18.2 Å². The number of ether oxygens (including phenoxy) is 3. The van der Waals surface area contributed by atoms with Gasteiger partial charge in [0.15, 0.2) is 6.10 Å². The molecule has 0 aromatic carbocycles. The van der Waals surface area contributed by atoms with Gasteiger partial charge in [-0.25, -0.2) is 0 Å². The molecule has 0 aliphatic rings. The molecule has 1 atom stereocenters. The lowest BCUT2D eigenvalue weighted by Gasteiger charge is -2.18. The Labute approximate surface area is 390 Å². The molecule has 0 heterocycles. The summed E-state index contributed by atoms with van der Waals surface area (Å²) in [4.78, 5) is 38.0. The van der Waals surface area contributed by atoms with Gasteiger partial charge in [0.25, 0.3) is 0 Å². The minimum Gasteiger partial charge on any atom is -0.462 e. The lowest BCUT2D eigenvalue weighted by molar-refractivity contribution is -0.167.